The lowest BCUT2D eigenvalue weighted by Gasteiger charge is -2.14. The zero-order valence-electron chi connectivity index (χ0n) is 14.6. The van der Waals surface area contributed by atoms with Gasteiger partial charge in [-0.3, -0.25) is 4.98 Å². The summed E-state index contributed by atoms with van der Waals surface area (Å²) in [6.45, 7) is 2.80. The monoisotopic (exact) mass is 358 g/mol. The molecule has 1 aromatic carbocycles. The van der Waals surface area contributed by atoms with E-state index in [9.17, 15) is 13.2 Å². The van der Waals surface area contributed by atoms with Gasteiger partial charge >= 0.3 is 6.18 Å². The van der Waals surface area contributed by atoms with Gasteiger partial charge in [-0.05, 0) is 49.6 Å². The Morgan fingerprint density at radius 3 is 2.65 bits per heavy atom. The summed E-state index contributed by atoms with van der Waals surface area (Å²) in [5.41, 5.74) is 3.34. The minimum Gasteiger partial charge on any atom is -0.310 e. The van der Waals surface area contributed by atoms with Crippen molar-refractivity contribution in [1.82, 2.24) is 10.3 Å². The van der Waals surface area contributed by atoms with E-state index < -0.39 is 11.7 Å². The standard InChI is InChI=1S/C21H21F3N2/c1-15(19-14-26-20-11-4-2-3-10-18(19)20)25-12-6-8-16-7-5-9-17(13-16)21(22,23)24/h2-5,7,9-11,13-15,25H,6,8,12H2,1H3. The third-order valence-electron chi connectivity index (χ3n) is 4.48. The van der Waals surface area contributed by atoms with Crippen molar-refractivity contribution in [2.75, 3.05) is 6.54 Å². The second-order valence-electron chi connectivity index (χ2n) is 6.40. The van der Waals surface area contributed by atoms with Crippen molar-refractivity contribution >= 4 is 0 Å². The van der Waals surface area contributed by atoms with E-state index >= 15 is 0 Å². The number of aryl methyl sites for hydroxylation is 1. The highest BCUT2D eigenvalue weighted by atomic mass is 19.4. The van der Waals surface area contributed by atoms with Crippen LogP contribution in [0.3, 0.4) is 0 Å². The summed E-state index contributed by atoms with van der Waals surface area (Å²) in [6.07, 6.45) is -1.02. The molecule has 1 unspecified atom stereocenters. The summed E-state index contributed by atoms with van der Waals surface area (Å²) < 4.78 is 38.3. The molecule has 5 heteroatoms. The highest BCUT2D eigenvalue weighted by Crippen LogP contribution is 2.30. The summed E-state index contributed by atoms with van der Waals surface area (Å²) in [5.74, 6) is 0. The van der Waals surface area contributed by atoms with E-state index in [1.165, 1.54) is 12.1 Å². The molecule has 1 atom stereocenters. The summed E-state index contributed by atoms with van der Waals surface area (Å²) >= 11 is 0. The maximum atomic E-state index is 12.8. The fourth-order valence-corrected chi connectivity index (χ4v) is 3.07. The van der Waals surface area contributed by atoms with E-state index in [0.717, 1.165) is 35.9 Å². The van der Waals surface area contributed by atoms with E-state index in [-0.39, 0.29) is 6.04 Å². The lowest BCUT2D eigenvalue weighted by Crippen LogP contribution is -2.20. The van der Waals surface area contributed by atoms with Crippen LogP contribution in [0.4, 0.5) is 13.2 Å². The minimum absolute atomic E-state index is 0.129. The van der Waals surface area contributed by atoms with Gasteiger partial charge in [0.1, 0.15) is 0 Å². The predicted molar refractivity (Wildman–Crippen MR) is 97.0 cm³/mol. The van der Waals surface area contributed by atoms with Crippen molar-refractivity contribution in [3.63, 3.8) is 0 Å². The molecule has 0 aromatic heterocycles. The molecule has 3 rings (SSSR count). The van der Waals surface area contributed by atoms with Crippen LogP contribution in [0, 0.1) is 0 Å². The van der Waals surface area contributed by atoms with Gasteiger partial charge in [0.2, 0.25) is 0 Å². The van der Waals surface area contributed by atoms with Gasteiger partial charge in [-0.2, -0.15) is 13.2 Å². The van der Waals surface area contributed by atoms with E-state index in [2.05, 4.69) is 23.3 Å². The third-order valence-corrected chi connectivity index (χ3v) is 4.48. The van der Waals surface area contributed by atoms with Crippen molar-refractivity contribution in [2.24, 2.45) is 0 Å². The smallest absolute Gasteiger partial charge is 0.310 e. The zero-order chi connectivity index (χ0) is 18.6. The molecular formula is C21H21F3N2. The number of alkyl halides is 3. The third kappa shape index (κ3) is 4.41. The molecule has 0 saturated heterocycles. The van der Waals surface area contributed by atoms with E-state index in [0.29, 0.717) is 12.0 Å². The van der Waals surface area contributed by atoms with Crippen LogP contribution in [0.2, 0.25) is 0 Å². The average molecular weight is 358 g/mol. The SMILES string of the molecule is CC(NCCCc1cccc(C(F)(F)F)c1)c1cnc2cccccc1-2. The van der Waals surface area contributed by atoms with Crippen LogP contribution in [-0.4, -0.2) is 11.5 Å². The van der Waals surface area contributed by atoms with E-state index in [1.54, 1.807) is 6.07 Å². The number of hydrogen-bond donors (Lipinski definition) is 1. The first-order valence-electron chi connectivity index (χ1n) is 8.68. The number of hydrogen-bond acceptors (Lipinski definition) is 2. The van der Waals surface area contributed by atoms with Crippen molar-refractivity contribution in [2.45, 2.75) is 32.0 Å². The lowest BCUT2D eigenvalue weighted by molar-refractivity contribution is -0.137. The second-order valence-corrected chi connectivity index (χ2v) is 6.40. The molecule has 0 fully saturated rings. The first-order valence-corrected chi connectivity index (χ1v) is 8.68. The molecule has 1 aromatic rings. The number of fused-ring (bicyclic) bond motifs is 1. The van der Waals surface area contributed by atoms with Gasteiger partial charge in [0.25, 0.3) is 0 Å². The molecule has 1 N–H and O–H groups in total. The molecule has 0 radical (unpaired) electrons. The molecule has 1 heterocycles. The van der Waals surface area contributed by atoms with Gasteiger partial charge in [0, 0.05) is 17.8 Å². The first-order chi connectivity index (χ1) is 12.4. The van der Waals surface area contributed by atoms with Gasteiger partial charge in [-0.15, -0.1) is 0 Å². The van der Waals surface area contributed by atoms with Crippen molar-refractivity contribution < 1.29 is 13.2 Å². The Hall–Kier alpha value is -2.40. The second kappa shape index (κ2) is 7.87. The normalized spacial score (nSPS) is 13.1. The highest BCUT2D eigenvalue weighted by Gasteiger charge is 2.30. The highest BCUT2D eigenvalue weighted by molar-refractivity contribution is 5.65. The Bertz CT molecular complexity index is 829. The van der Waals surface area contributed by atoms with Crippen LogP contribution < -0.4 is 5.32 Å². The van der Waals surface area contributed by atoms with Crippen LogP contribution in [0.25, 0.3) is 11.3 Å². The molecule has 0 saturated carbocycles. The summed E-state index contributed by atoms with van der Waals surface area (Å²) in [6, 6.07) is 15.7. The Balaban J connectivity index is 1.54. The number of nitrogens with one attached hydrogen (secondary N) is 1. The first kappa shape index (κ1) is 18.4. The molecule has 136 valence electrons. The molecule has 2 aliphatic rings. The quantitative estimate of drug-likeness (QED) is 0.590. The molecule has 1 aliphatic carbocycles. The molecule has 0 bridgehead atoms. The van der Waals surface area contributed by atoms with Gasteiger partial charge in [0.15, 0.2) is 0 Å². The number of nitrogens with zero attached hydrogens (tertiary/aromatic N) is 1. The largest absolute Gasteiger partial charge is 0.416 e. The van der Waals surface area contributed by atoms with Crippen molar-refractivity contribution in [3.8, 4) is 11.3 Å². The fraction of sp³-hybridized carbons (Fsp3) is 0.286. The van der Waals surface area contributed by atoms with E-state index in [1.807, 2.05) is 30.5 Å². The van der Waals surface area contributed by atoms with Crippen molar-refractivity contribution in [1.29, 1.82) is 0 Å². The Labute approximate surface area is 151 Å². The van der Waals surface area contributed by atoms with Gasteiger partial charge in [-0.1, -0.05) is 42.5 Å². The van der Waals surface area contributed by atoms with Crippen LogP contribution in [0.1, 0.15) is 36.1 Å². The maximum Gasteiger partial charge on any atom is 0.416 e. The average Bonchev–Trinajstić information content (AvgIpc) is 2.87. The van der Waals surface area contributed by atoms with E-state index in [4.69, 9.17) is 0 Å². The number of benzene rings is 1. The minimum atomic E-state index is -4.29. The number of halogens is 3. The van der Waals surface area contributed by atoms with Crippen LogP contribution >= 0.6 is 0 Å². The molecule has 26 heavy (non-hydrogen) atoms. The predicted octanol–water partition coefficient (Wildman–Crippen LogP) is 5.49. The molecular weight excluding hydrogens is 337 g/mol. The molecule has 0 spiro atoms. The summed E-state index contributed by atoms with van der Waals surface area (Å²) in [7, 11) is 0. The summed E-state index contributed by atoms with van der Waals surface area (Å²) in [5, 5.41) is 3.44. The summed E-state index contributed by atoms with van der Waals surface area (Å²) in [4.78, 5) is 4.44. The lowest BCUT2D eigenvalue weighted by atomic mass is 10.0. The zero-order valence-corrected chi connectivity index (χ0v) is 14.6. The maximum absolute atomic E-state index is 12.8. The van der Waals surface area contributed by atoms with Gasteiger partial charge < -0.3 is 5.32 Å². The number of aromatic nitrogens is 1. The molecule has 1 aliphatic heterocycles. The molecule has 2 nitrogen and oxygen atoms in total. The van der Waals surface area contributed by atoms with Crippen LogP contribution in [0.5, 0.6) is 0 Å². The Kier molecular flexibility index (Phi) is 5.57. The Morgan fingerprint density at radius 2 is 1.85 bits per heavy atom. The van der Waals surface area contributed by atoms with Crippen LogP contribution in [0.15, 0.2) is 60.8 Å². The van der Waals surface area contributed by atoms with Crippen molar-refractivity contribution in [3.05, 3.63) is 77.5 Å². The fourth-order valence-electron chi connectivity index (χ4n) is 3.07. The molecule has 0 amide bonds. The Morgan fingerprint density at radius 1 is 1.04 bits per heavy atom. The van der Waals surface area contributed by atoms with Gasteiger partial charge in [0.05, 0.1) is 11.3 Å². The topological polar surface area (TPSA) is 24.9 Å². The number of rotatable bonds is 6. The van der Waals surface area contributed by atoms with Gasteiger partial charge in [-0.25, -0.2) is 0 Å². The van der Waals surface area contributed by atoms with Crippen LogP contribution in [-0.2, 0) is 12.6 Å².